The highest BCUT2D eigenvalue weighted by atomic mass is 16.6. The van der Waals surface area contributed by atoms with E-state index >= 15 is 0 Å². The molecule has 2 aliphatic rings. The van der Waals surface area contributed by atoms with Crippen molar-refractivity contribution < 1.29 is 52.3 Å². The van der Waals surface area contributed by atoms with E-state index in [0.29, 0.717) is 117 Å². The molecule has 0 saturated carbocycles. The molecule has 0 atom stereocenters. The Kier molecular flexibility index (Phi) is 17.2. The molecule has 0 bridgehead atoms. The first-order valence-electron chi connectivity index (χ1n) is 18.2. The molecule has 0 spiro atoms. The number of nitrogens with zero attached hydrogens (tertiary/aromatic N) is 1. The van der Waals surface area contributed by atoms with Gasteiger partial charge >= 0.3 is 6.09 Å². The van der Waals surface area contributed by atoms with Crippen molar-refractivity contribution >= 4 is 17.9 Å². The van der Waals surface area contributed by atoms with Crippen LogP contribution in [0.15, 0.2) is 72.8 Å². The summed E-state index contributed by atoms with van der Waals surface area (Å²) in [7, 11) is 0. The van der Waals surface area contributed by atoms with Gasteiger partial charge in [-0.05, 0) is 40.8 Å². The van der Waals surface area contributed by atoms with Crippen LogP contribution in [0, 0.1) is 0 Å². The molecule has 5 rings (SSSR count). The first-order valence-corrected chi connectivity index (χ1v) is 18.2. The topological polar surface area (TPSA) is 140 Å². The molecule has 3 amide bonds. The monoisotopic (exact) mass is 734 g/mol. The average Bonchev–Trinajstić information content (AvgIpc) is 3.63. The zero-order valence-electron chi connectivity index (χ0n) is 30.2. The lowest BCUT2D eigenvalue weighted by molar-refractivity contribution is -0.0208. The smallest absolute Gasteiger partial charge is 0.407 e. The van der Waals surface area contributed by atoms with Gasteiger partial charge in [-0.15, -0.1) is 0 Å². The lowest BCUT2D eigenvalue weighted by atomic mass is 9.98. The molecule has 286 valence electrons. The van der Waals surface area contributed by atoms with Crippen molar-refractivity contribution in [3.8, 4) is 11.1 Å². The molecule has 0 radical (unpaired) electrons. The second-order valence-corrected chi connectivity index (χ2v) is 12.2. The van der Waals surface area contributed by atoms with E-state index in [1.54, 1.807) is 24.3 Å². The van der Waals surface area contributed by atoms with Crippen LogP contribution >= 0.6 is 0 Å². The number of ether oxygens (including phenoxy) is 8. The zero-order valence-corrected chi connectivity index (χ0v) is 30.2. The van der Waals surface area contributed by atoms with Crippen molar-refractivity contribution in [1.82, 2.24) is 10.2 Å². The molecule has 13 nitrogen and oxygen atoms in total. The van der Waals surface area contributed by atoms with Gasteiger partial charge in [0, 0.05) is 19.1 Å². The molecular weight excluding hydrogens is 684 g/mol. The molecule has 1 heterocycles. The number of hydrogen-bond acceptors (Lipinski definition) is 11. The number of rotatable bonds is 27. The van der Waals surface area contributed by atoms with Gasteiger partial charge in [0.15, 0.2) is 0 Å². The van der Waals surface area contributed by atoms with Gasteiger partial charge in [-0.3, -0.25) is 14.5 Å². The number of fused-ring (bicyclic) bond motifs is 4. The molecule has 1 N–H and O–H groups in total. The van der Waals surface area contributed by atoms with Crippen molar-refractivity contribution in [3.63, 3.8) is 0 Å². The SMILES string of the molecule is O=C(NCCCOCCOCCOCCOCCOCCOCCOCCN1C(=O)c2ccccc2C1=O)OCC1c2ccccc2-c2ccccc21. The number of amides is 3. The maximum atomic E-state index is 12.3. The van der Waals surface area contributed by atoms with Crippen molar-refractivity contribution in [1.29, 1.82) is 0 Å². The maximum absolute atomic E-state index is 12.3. The number of alkyl carbamates (subject to hydrolysis) is 1. The van der Waals surface area contributed by atoms with Gasteiger partial charge in [-0.25, -0.2) is 4.79 Å². The molecule has 3 aromatic rings. The third kappa shape index (κ3) is 12.4. The van der Waals surface area contributed by atoms with Crippen LogP contribution in [0.2, 0.25) is 0 Å². The Morgan fingerprint density at radius 2 is 0.887 bits per heavy atom. The Bertz CT molecular complexity index is 1500. The Morgan fingerprint density at radius 3 is 1.34 bits per heavy atom. The highest BCUT2D eigenvalue weighted by Crippen LogP contribution is 2.44. The number of carbonyl (C=O) groups excluding carboxylic acids is 3. The fraction of sp³-hybridized carbons (Fsp3) is 0.475. The third-order valence-electron chi connectivity index (χ3n) is 8.65. The summed E-state index contributed by atoms with van der Waals surface area (Å²) in [5, 5.41) is 2.80. The Morgan fingerprint density at radius 1 is 0.509 bits per heavy atom. The van der Waals surface area contributed by atoms with E-state index < -0.39 is 6.09 Å². The Balaban J connectivity index is 0.719. The third-order valence-corrected chi connectivity index (χ3v) is 8.65. The standard InChI is InChI=1S/C40H50N2O11/c43-38-35-12-5-6-13-36(35)39(44)42(38)15-17-47-19-21-49-23-25-51-27-29-52-28-26-50-24-22-48-20-18-46-16-7-14-41-40(45)53-30-37-33-10-3-1-8-31(33)32-9-2-4-11-34(32)37/h1-6,8-13,37H,7,14-30H2,(H,41,45). The van der Waals surface area contributed by atoms with Gasteiger partial charge in [-0.2, -0.15) is 0 Å². The van der Waals surface area contributed by atoms with E-state index in [4.69, 9.17) is 37.9 Å². The van der Waals surface area contributed by atoms with E-state index in [1.807, 2.05) is 24.3 Å². The van der Waals surface area contributed by atoms with E-state index in [0.717, 1.165) is 0 Å². The van der Waals surface area contributed by atoms with Crippen LogP contribution < -0.4 is 5.32 Å². The number of hydrogen-bond donors (Lipinski definition) is 1. The maximum Gasteiger partial charge on any atom is 0.407 e. The fourth-order valence-corrected chi connectivity index (χ4v) is 6.03. The van der Waals surface area contributed by atoms with E-state index in [9.17, 15) is 14.4 Å². The molecule has 0 saturated heterocycles. The minimum Gasteiger partial charge on any atom is -0.449 e. The first kappa shape index (κ1) is 40.0. The number of nitrogens with one attached hydrogen (secondary N) is 1. The van der Waals surface area contributed by atoms with Gasteiger partial charge in [0.25, 0.3) is 11.8 Å². The zero-order chi connectivity index (χ0) is 36.9. The summed E-state index contributed by atoms with van der Waals surface area (Å²) in [5.41, 5.74) is 5.66. The molecule has 1 aliphatic heterocycles. The molecule has 0 aromatic heterocycles. The minimum atomic E-state index is -0.422. The summed E-state index contributed by atoms with van der Waals surface area (Å²) in [6.07, 6.45) is 0.253. The van der Waals surface area contributed by atoms with Crippen molar-refractivity contribution in [2.24, 2.45) is 0 Å². The normalized spacial score (nSPS) is 13.3. The average molecular weight is 735 g/mol. The van der Waals surface area contributed by atoms with Gasteiger partial charge in [-0.1, -0.05) is 60.7 Å². The van der Waals surface area contributed by atoms with Crippen LogP contribution in [0.4, 0.5) is 4.79 Å². The minimum absolute atomic E-state index is 0.0434. The summed E-state index contributed by atoms with van der Waals surface area (Å²) in [6, 6.07) is 23.3. The predicted molar refractivity (Wildman–Crippen MR) is 195 cm³/mol. The lowest BCUT2D eigenvalue weighted by Crippen LogP contribution is -2.33. The van der Waals surface area contributed by atoms with Crippen LogP contribution in [0.3, 0.4) is 0 Å². The van der Waals surface area contributed by atoms with Crippen molar-refractivity contribution in [2.45, 2.75) is 12.3 Å². The summed E-state index contributed by atoms with van der Waals surface area (Å²) in [4.78, 5) is 38.1. The van der Waals surface area contributed by atoms with Gasteiger partial charge in [0.1, 0.15) is 6.61 Å². The second kappa shape index (κ2) is 22.8. The van der Waals surface area contributed by atoms with Crippen LogP contribution in [0.5, 0.6) is 0 Å². The van der Waals surface area contributed by atoms with Crippen LogP contribution in [0.1, 0.15) is 44.2 Å². The first-order chi connectivity index (χ1) is 26.1. The molecule has 1 aliphatic carbocycles. The molecule has 13 heteroatoms. The number of benzene rings is 3. The highest BCUT2D eigenvalue weighted by molar-refractivity contribution is 6.21. The molecule has 0 fully saturated rings. The molecule has 53 heavy (non-hydrogen) atoms. The van der Waals surface area contributed by atoms with Crippen molar-refractivity contribution in [2.75, 3.05) is 112 Å². The lowest BCUT2D eigenvalue weighted by Gasteiger charge is -2.14. The Labute approximate surface area is 310 Å². The molecular formula is C40H50N2O11. The van der Waals surface area contributed by atoms with E-state index in [2.05, 4.69) is 29.6 Å². The molecule has 3 aromatic carbocycles. The van der Waals surface area contributed by atoms with Crippen LogP contribution in [-0.4, -0.2) is 135 Å². The number of carbonyl (C=O) groups is 3. The largest absolute Gasteiger partial charge is 0.449 e. The van der Waals surface area contributed by atoms with Gasteiger partial charge in [0.05, 0.1) is 104 Å². The van der Waals surface area contributed by atoms with Crippen LogP contribution in [0.25, 0.3) is 11.1 Å². The summed E-state index contributed by atoms with van der Waals surface area (Å²) in [5.74, 6) is -0.519. The Hall–Kier alpha value is -4.21. The fourth-order valence-electron chi connectivity index (χ4n) is 6.03. The summed E-state index contributed by atoms with van der Waals surface area (Å²) >= 11 is 0. The second-order valence-electron chi connectivity index (χ2n) is 12.2. The van der Waals surface area contributed by atoms with Gasteiger partial charge in [0.2, 0.25) is 0 Å². The van der Waals surface area contributed by atoms with E-state index in [-0.39, 0.29) is 30.9 Å². The number of imide groups is 1. The van der Waals surface area contributed by atoms with Gasteiger partial charge < -0.3 is 43.2 Å². The van der Waals surface area contributed by atoms with Crippen molar-refractivity contribution in [3.05, 3.63) is 95.1 Å². The summed E-state index contributed by atoms with van der Waals surface area (Å²) < 4.78 is 44.1. The summed E-state index contributed by atoms with van der Waals surface area (Å²) in [6.45, 7) is 7.06. The van der Waals surface area contributed by atoms with Crippen LogP contribution in [-0.2, 0) is 37.9 Å². The highest BCUT2D eigenvalue weighted by Gasteiger charge is 2.34. The molecule has 0 unspecified atom stereocenters. The van der Waals surface area contributed by atoms with E-state index in [1.165, 1.54) is 27.2 Å². The quantitative estimate of drug-likeness (QED) is 0.0885. The predicted octanol–water partition coefficient (Wildman–Crippen LogP) is 4.33.